The standard InChI is InChI=1S/C12H23N3O2/c1-10(2)4-5-13-11(16)12(17)15-8-6-14(3)7-9-15/h10H,4-9H2,1-3H3,(H,13,16). The molecule has 0 radical (unpaired) electrons. The van der Waals surface area contributed by atoms with Crippen molar-refractivity contribution < 1.29 is 9.59 Å². The van der Waals surface area contributed by atoms with E-state index in [2.05, 4.69) is 24.1 Å². The summed E-state index contributed by atoms with van der Waals surface area (Å²) in [5.74, 6) is -0.314. The highest BCUT2D eigenvalue weighted by molar-refractivity contribution is 6.35. The summed E-state index contributed by atoms with van der Waals surface area (Å²) in [5, 5.41) is 2.68. The average molecular weight is 241 g/mol. The van der Waals surface area contributed by atoms with Gasteiger partial charge in [-0.25, -0.2) is 0 Å². The lowest BCUT2D eigenvalue weighted by molar-refractivity contribution is -0.146. The highest BCUT2D eigenvalue weighted by Gasteiger charge is 2.24. The van der Waals surface area contributed by atoms with E-state index in [1.807, 2.05) is 7.05 Å². The molecule has 17 heavy (non-hydrogen) atoms. The van der Waals surface area contributed by atoms with Crippen LogP contribution in [0.3, 0.4) is 0 Å². The van der Waals surface area contributed by atoms with E-state index in [1.165, 1.54) is 0 Å². The Bertz CT molecular complexity index is 271. The van der Waals surface area contributed by atoms with Gasteiger partial charge in [-0.1, -0.05) is 13.8 Å². The second-order valence-corrected chi connectivity index (χ2v) is 5.03. The number of carbonyl (C=O) groups is 2. The van der Waals surface area contributed by atoms with Gasteiger partial charge in [-0.05, 0) is 19.4 Å². The number of hydrogen-bond acceptors (Lipinski definition) is 3. The maximum absolute atomic E-state index is 11.8. The van der Waals surface area contributed by atoms with Gasteiger partial charge in [0.1, 0.15) is 0 Å². The van der Waals surface area contributed by atoms with Gasteiger partial charge in [0, 0.05) is 32.7 Å². The van der Waals surface area contributed by atoms with Crippen molar-refractivity contribution in [3.05, 3.63) is 0 Å². The van der Waals surface area contributed by atoms with E-state index in [-0.39, 0.29) is 5.91 Å². The van der Waals surface area contributed by atoms with E-state index in [9.17, 15) is 9.59 Å². The molecule has 1 aliphatic heterocycles. The third kappa shape index (κ3) is 4.73. The van der Waals surface area contributed by atoms with Crippen molar-refractivity contribution >= 4 is 11.8 Å². The van der Waals surface area contributed by atoms with Gasteiger partial charge in [-0.3, -0.25) is 9.59 Å². The zero-order valence-corrected chi connectivity index (χ0v) is 11.0. The van der Waals surface area contributed by atoms with Crippen LogP contribution in [0.1, 0.15) is 20.3 Å². The van der Waals surface area contributed by atoms with Gasteiger partial charge in [-0.15, -0.1) is 0 Å². The lowest BCUT2D eigenvalue weighted by Gasteiger charge is -2.31. The molecule has 0 bridgehead atoms. The number of carbonyl (C=O) groups excluding carboxylic acids is 2. The molecule has 1 rings (SSSR count). The van der Waals surface area contributed by atoms with E-state index < -0.39 is 5.91 Å². The molecule has 5 heteroatoms. The van der Waals surface area contributed by atoms with Gasteiger partial charge >= 0.3 is 11.8 Å². The molecule has 0 aromatic carbocycles. The molecule has 0 aromatic rings. The Morgan fingerprint density at radius 2 is 1.76 bits per heavy atom. The predicted molar refractivity (Wildman–Crippen MR) is 66.5 cm³/mol. The maximum Gasteiger partial charge on any atom is 0.311 e. The normalized spacial score (nSPS) is 17.3. The topological polar surface area (TPSA) is 52.7 Å². The molecule has 0 unspecified atom stereocenters. The van der Waals surface area contributed by atoms with Gasteiger partial charge in [0.2, 0.25) is 0 Å². The Kier molecular flexibility index (Phi) is 5.41. The molecular weight excluding hydrogens is 218 g/mol. The molecular formula is C12H23N3O2. The van der Waals surface area contributed by atoms with Crippen LogP contribution in [0.25, 0.3) is 0 Å². The Morgan fingerprint density at radius 1 is 1.18 bits per heavy atom. The highest BCUT2D eigenvalue weighted by Crippen LogP contribution is 2.00. The van der Waals surface area contributed by atoms with E-state index >= 15 is 0 Å². The van der Waals surface area contributed by atoms with Gasteiger partial charge in [0.25, 0.3) is 0 Å². The van der Waals surface area contributed by atoms with Crippen molar-refractivity contribution in [3.8, 4) is 0 Å². The first-order chi connectivity index (χ1) is 8.00. The molecule has 1 fully saturated rings. The van der Waals surface area contributed by atoms with Crippen LogP contribution in [-0.2, 0) is 9.59 Å². The monoisotopic (exact) mass is 241 g/mol. The molecule has 1 N–H and O–H groups in total. The minimum absolute atomic E-state index is 0.387. The molecule has 98 valence electrons. The lowest BCUT2D eigenvalue weighted by Crippen LogP contribution is -2.51. The van der Waals surface area contributed by atoms with Crippen LogP contribution in [0.15, 0.2) is 0 Å². The predicted octanol–water partition coefficient (Wildman–Crippen LogP) is -0.0773. The van der Waals surface area contributed by atoms with Gasteiger partial charge in [-0.2, -0.15) is 0 Å². The summed E-state index contributed by atoms with van der Waals surface area (Å²) >= 11 is 0. The van der Waals surface area contributed by atoms with Crippen molar-refractivity contribution in [1.82, 2.24) is 15.1 Å². The van der Waals surface area contributed by atoms with Crippen molar-refractivity contribution in [2.45, 2.75) is 20.3 Å². The smallest absolute Gasteiger partial charge is 0.311 e. The molecule has 0 saturated carbocycles. The molecule has 1 saturated heterocycles. The lowest BCUT2D eigenvalue weighted by atomic mass is 10.1. The van der Waals surface area contributed by atoms with Crippen LogP contribution in [0, 0.1) is 5.92 Å². The molecule has 2 amide bonds. The zero-order valence-electron chi connectivity index (χ0n) is 11.0. The summed E-state index contributed by atoms with van der Waals surface area (Å²) in [6, 6.07) is 0. The summed E-state index contributed by atoms with van der Waals surface area (Å²) in [6.45, 7) is 7.73. The third-order valence-electron chi connectivity index (χ3n) is 2.99. The number of nitrogens with one attached hydrogen (secondary N) is 1. The number of likely N-dealkylation sites (N-methyl/N-ethyl adjacent to an activating group) is 1. The fourth-order valence-electron chi connectivity index (χ4n) is 1.70. The fourth-order valence-corrected chi connectivity index (χ4v) is 1.70. The first kappa shape index (κ1) is 14.0. The van der Waals surface area contributed by atoms with Crippen LogP contribution < -0.4 is 5.32 Å². The average Bonchev–Trinajstić information content (AvgIpc) is 2.28. The van der Waals surface area contributed by atoms with E-state index in [0.717, 1.165) is 19.5 Å². The minimum Gasteiger partial charge on any atom is -0.348 e. The number of hydrogen-bond donors (Lipinski definition) is 1. The largest absolute Gasteiger partial charge is 0.348 e. The number of nitrogens with zero attached hydrogens (tertiary/aromatic N) is 2. The number of rotatable bonds is 3. The van der Waals surface area contributed by atoms with Crippen molar-refractivity contribution in [1.29, 1.82) is 0 Å². The van der Waals surface area contributed by atoms with E-state index in [0.29, 0.717) is 25.6 Å². The van der Waals surface area contributed by atoms with Crippen molar-refractivity contribution in [2.24, 2.45) is 5.92 Å². The van der Waals surface area contributed by atoms with Crippen molar-refractivity contribution in [3.63, 3.8) is 0 Å². The highest BCUT2D eigenvalue weighted by atomic mass is 16.2. The van der Waals surface area contributed by atoms with Crippen molar-refractivity contribution in [2.75, 3.05) is 39.8 Å². The first-order valence-electron chi connectivity index (χ1n) is 6.26. The summed E-state index contributed by atoms with van der Waals surface area (Å²) in [6.07, 6.45) is 0.905. The van der Waals surface area contributed by atoms with Gasteiger partial charge in [0.15, 0.2) is 0 Å². The molecule has 5 nitrogen and oxygen atoms in total. The number of amides is 2. The Morgan fingerprint density at radius 3 is 2.29 bits per heavy atom. The molecule has 1 aliphatic rings. The quantitative estimate of drug-likeness (QED) is 0.703. The zero-order chi connectivity index (χ0) is 12.8. The maximum atomic E-state index is 11.8. The van der Waals surface area contributed by atoms with Gasteiger partial charge in [0.05, 0.1) is 0 Å². The summed E-state index contributed by atoms with van der Waals surface area (Å²) in [4.78, 5) is 27.1. The van der Waals surface area contributed by atoms with Crippen LogP contribution in [0.2, 0.25) is 0 Å². The van der Waals surface area contributed by atoms with Crippen LogP contribution in [0.4, 0.5) is 0 Å². The van der Waals surface area contributed by atoms with E-state index in [4.69, 9.17) is 0 Å². The second kappa shape index (κ2) is 6.59. The number of piperazine rings is 1. The van der Waals surface area contributed by atoms with Crippen LogP contribution in [-0.4, -0.2) is 61.4 Å². The minimum atomic E-state index is -0.463. The third-order valence-corrected chi connectivity index (χ3v) is 2.99. The molecule has 0 atom stereocenters. The molecule has 0 aromatic heterocycles. The molecule has 1 heterocycles. The summed E-state index contributed by atoms with van der Waals surface area (Å²) in [7, 11) is 2.02. The van der Waals surface area contributed by atoms with Crippen LogP contribution in [0.5, 0.6) is 0 Å². The van der Waals surface area contributed by atoms with Crippen LogP contribution >= 0.6 is 0 Å². The molecule has 0 aliphatic carbocycles. The van der Waals surface area contributed by atoms with Gasteiger partial charge < -0.3 is 15.1 Å². The second-order valence-electron chi connectivity index (χ2n) is 5.03. The summed E-state index contributed by atoms with van der Waals surface area (Å²) in [5.41, 5.74) is 0. The Labute approximate surface area is 103 Å². The first-order valence-corrected chi connectivity index (χ1v) is 6.26. The SMILES string of the molecule is CC(C)CCNC(=O)C(=O)N1CCN(C)CC1. The Hall–Kier alpha value is -1.10. The van der Waals surface area contributed by atoms with E-state index in [1.54, 1.807) is 4.90 Å². The molecule has 0 spiro atoms. The summed E-state index contributed by atoms with van der Waals surface area (Å²) < 4.78 is 0. The fraction of sp³-hybridized carbons (Fsp3) is 0.833. The Balaban J connectivity index is 2.29.